The molecule has 4 heteroatoms. The van der Waals surface area contributed by atoms with E-state index < -0.39 is 0 Å². The summed E-state index contributed by atoms with van der Waals surface area (Å²) in [5.41, 5.74) is 6.42. The number of aryl methyl sites for hydroxylation is 1. The smallest absolute Gasteiger partial charge is 0.145 e. The Morgan fingerprint density at radius 2 is 2.50 bits per heavy atom. The molecule has 0 aliphatic heterocycles. The molecular weight excluding hydrogens is 152 g/mol. The number of nitrogen functional groups attached to an aromatic ring is 1. The number of aromatic nitrogens is 2. The number of hydrogen-bond acceptors (Lipinski definition) is 3. The van der Waals surface area contributed by atoms with Crippen LogP contribution in [-0.4, -0.2) is 9.78 Å². The Morgan fingerprint density at radius 1 is 1.83 bits per heavy atom. The summed E-state index contributed by atoms with van der Waals surface area (Å²) >= 11 is 0. The molecule has 1 rings (SSSR count). The Kier molecular flexibility index (Phi) is 2.34. The predicted molar refractivity (Wildman–Crippen MR) is 46.3 cm³/mol. The minimum atomic E-state index is -0.192. The van der Waals surface area contributed by atoms with Crippen molar-refractivity contribution in [1.82, 2.24) is 9.78 Å². The highest BCUT2D eigenvalue weighted by Gasteiger charge is 2.10. The molecule has 2 N–H and O–H groups in total. The fourth-order valence-corrected chi connectivity index (χ4v) is 1.15. The topological polar surface area (TPSA) is 67.6 Å². The summed E-state index contributed by atoms with van der Waals surface area (Å²) in [6.07, 6.45) is 0.748. The van der Waals surface area contributed by atoms with Gasteiger partial charge in [0.2, 0.25) is 0 Å². The monoisotopic (exact) mass is 164 g/mol. The van der Waals surface area contributed by atoms with Crippen molar-refractivity contribution in [3.8, 4) is 6.07 Å². The van der Waals surface area contributed by atoms with Crippen LogP contribution >= 0.6 is 0 Å². The third kappa shape index (κ3) is 1.40. The summed E-state index contributed by atoms with van der Waals surface area (Å²) in [4.78, 5) is 0. The van der Waals surface area contributed by atoms with Crippen molar-refractivity contribution >= 4 is 5.82 Å². The first kappa shape index (κ1) is 8.60. The molecular formula is C8H12N4. The van der Waals surface area contributed by atoms with Gasteiger partial charge in [-0.1, -0.05) is 6.92 Å². The van der Waals surface area contributed by atoms with Crippen molar-refractivity contribution in [2.75, 3.05) is 5.73 Å². The summed E-state index contributed by atoms with van der Waals surface area (Å²) in [5.74, 6) is 0.473. The molecule has 0 amide bonds. The van der Waals surface area contributed by atoms with Crippen LogP contribution in [0.2, 0.25) is 0 Å². The van der Waals surface area contributed by atoms with Gasteiger partial charge < -0.3 is 5.73 Å². The van der Waals surface area contributed by atoms with Crippen molar-refractivity contribution in [2.45, 2.75) is 26.3 Å². The average Bonchev–Trinajstić information content (AvgIpc) is 2.34. The largest absolute Gasteiger partial charge is 0.382 e. The standard InChI is InChI=1S/C8H12N4/c1-3-7(5-9)12-6(2)4-8(10)11-12/h4,7H,3H2,1-2H3,(H2,10,11). The first-order valence-corrected chi connectivity index (χ1v) is 3.90. The minimum Gasteiger partial charge on any atom is -0.382 e. The quantitative estimate of drug-likeness (QED) is 0.715. The lowest BCUT2D eigenvalue weighted by Crippen LogP contribution is -2.09. The van der Waals surface area contributed by atoms with E-state index in [4.69, 9.17) is 11.0 Å². The van der Waals surface area contributed by atoms with Crippen LogP contribution in [0.3, 0.4) is 0 Å². The predicted octanol–water partition coefficient (Wildman–Crippen LogP) is 1.25. The van der Waals surface area contributed by atoms with Gasteiger partial charge in [0.05, 0.1) is 6.07 Å². The molecule has 64 valence electrons. The van der Waals surface area contributed by atoms with Gasteiger partial charge in [-0.3, -0.25) is 4.68 Å². The summed E-state index contributed by atoms with van der Waals surface area (Å²) in [5, 5.41) is 12.8. The van der Waals surface area contributed by atoms with E-state index in [9.17, 15) is 0 Å². The van der Waals surface area contributed by atoms with Crippen molar-refractivity contribution in [1.29, 1.82) is 5.26 Å². The van der Waals surface area contributed by atoms with E-state index in [0.29, 0.717) is 5.82 Å². The first-order chi connectivity index (χ1) is 5.69. The minimum absolute atomic E-state index is 0.192. The normalized spacial score (nSPS) is 12.4. The highest BCUT2D eigenvalue weighted by molar-refractivity contribution is 5.29. The highest BCUT2D eigenvalue weighted by Crippen LogP contribution is 2.14. The van der Waals surface area contributed by atoms with Crippen LogP contribution in [0.15, 0.2) is 6.07 Å². The molecule has 1 heterocycles. The molecule has 1 aromatic heterocycles. The Hall–Kier alpha value is -1.50. The molecule has 0 saturated carbocycles. The van der Waals surface area contributed by atoms with E-state index in [1.165, 1.54) is 0 Å². The van der Waals surface area contributed by atoms with Crippen LogP contribution < -0.4 is 5.73 Å². The van der Waals surface area contributed by atoms with Gasteiger partial charge >= 0.3 is 0 Å². The van der Waals surface area contributed by atoms with Gasteiger partial charge in [0.25, 0.3) is 0 Å². The summed E-state index contributed by atoms with van der Waals surface area (Å²) in [6.45, 7) is 3.84. The van der Waals surface area contributed by atoms with Crippen LogP contribution in [0, 0.1) is 18.3 Å². The first-order valence-electron chi connectivity index (χ1n) is 3.90. The number of nitrogens with two attached hydrogens (primary N) is 1. The fraction of sp³-hybridized carbons (Fsp3) is 0.500. The van der Waals surface area contributed by atoms with Gasteiger partial charge in [0.15, 0.2) is 0 Å². The lowest BCUT2D eigenvalue weighted by molar-refractivity contribution is 0.524. The Morgan fingerprint density at radius 3 is 2.83 bits per heavy atom. The molecule has 0 aliphatic rings. The molecule has 0 radical (unpaired) electrons. The third-order valence-corrected chi connectivity index (χ3v) is 1.77. The maximum absolute atomic E-state index is 8.76. The van der Waals surface area contributed by atoms with Crippen molar-refractivity contribution in [2.24, 2.45) is 0 Å². The zero-order valence-electron chi connectivity index (χ0n) is 7.28. The van der Waals surface area contributed by atoms with E-state index in [1.807, 2.05) is 13.8 Å². The lowest BCUT2D eigenvalue weighted by atomic mass is 10.2. The number of rotatable bonds is 2. The SMILES string of the molecule is CCC(C#N)n1nc(N)cc1C. The molecule has 1 atom stereocenters. The molecule has 0 aliphatic carbocycles. The van der Waals surface area contributed by atoms with Crippen LogP contribution in [0.1, 0.15) is 25.1 Å². The second kappa shape index (κ2) is 3.26. The molecule has 1 unspecified atom stereocenters. The van der Waals surface area contributed by atoms with Crippen LogP contribution in [-0.2, 0) is 0 Å². The second-order valence-corrected chi connectivity index (χ2v) is 2.71. The van der Waals surface area contributed by atoms with Gasteiger partial charge in [-0.05, 0) is 13.3 Å². The van der Waals surface area contributed by atoms with Crippen LogP contribution in [0.5, 0.6) is 0 Å². The van der Waals surface area contributed by atoms with Crippen molar-refractivity contribution in [3.05, 3.63) is 11.8 Å². The lowest BCUT2D eigenvalue weighted by Gasteiger charge is -2.07. The molecule has 4 nitrogen and oxygen atoms in total. The van der Waals surface area contributed by atoms with Crippen LogP contribution in [0.25, 0.3) is 0 Å². The van der Waals surface area contributed by atoms with E-state index in [0.717, 1.165) is 12.1 Å². The maximum Gasteiger partial charge on any atom is 0.145 e. The molecule has 0 saturated heterocycles. The van der Waals surface area contributed by atoms with E-state index in [-0.39, 0.29) is 6.04 Å². The van der Waals surface area contributed by atoms with E-state index >= 15 is 0 Å². The zero-order chi connectivity index (χ0) is 9.14. The van der Waals surface area contributed by atoms with Gasteiger partial charge in [-0.2, -0.15) is 10.4 Å². The van der Waals surface area contributed by atoms with Crippen molar-refractivity contribution < 1.29 is 0 Å². The van der Waals surface area contributed by atoms with Gasteiger partial charge in [-0.15, -0.1) is 0 Å². The molecule has 12 heavy (non-hydrogen) atoms. The Labute approximate surface area is 71.6 Å². The summed E-state index contributed by atoms with van der Waals surface area (Å²) in [6, 6.07) is 3.74. The number of anilines is 1. The van der Waals surface area contributed by atoms with Gasteiger partial charge in [0, 0.05) is 11.8 Å². The summed E-state index contributed by atoms with van der Waals surface area (Å²) < 4.78 is 1.66. The number of nitriles is 1. The number of nitrogens with zero attached hydrogens (tertiary/aromatic N) is 3. The zero-order valence-corrected chi connectivity index (χ0v) is 7.28. The van der Waals surface area contributed by atoms with E-state index in [2.05, 4.69) is 11.2 Å². The van der Waals surface area contributed by atoms with Gasteiger partial charge in [0.1, 0.15) is 11.9 Å². The fourth-order valence-electron chi connectivity index (χ4n) is 1.15. The molecule has 0 spiro atoms. The van der Waals surface area contributed by atoms with Crippen LogP contribution in [0.4, 0.5) is 5.82 Å². The average molecular weight is 164 g/mol. The van der Waals surface area contributed by atoms with E-state index in [1.54, 1.807) is 10.7 Å². The molecule has 0 fully saturated rings. The molecule has 0 bridgehead atoms. The molecule has 1 aromatic rings. The Balaban J connectivity index is 3.02. The molecule has 0 aromatic carbocycles. The summed E-state index contributed by atoms with van der Waals surface area (Å²) in [7, 11) is 0. The number of hydrogen-bond donors (Lipinski definition) is 1. The van der Waals surface area contributed by atoms with Gasteiger partial charge in [-0.25, -0.2) is 0 Å². The highest BCUT2D eigenvalue weighted by atomic mass is 15.3. The second-order valence-electron chi connectivity index (χ2n) is 2.71. The Bertz CT molecular complexity index is 307. The maximum atomic E-state index is 8.76. The third-order valence-electron chi connectivity index (χ3n) is 1.77. The van der Waals surface area contributed by atoms with Crippen molar-refractivity contribution in [3.63, 3.8) is 0 Å².